The molecule has 2 aromatic rings. The van der Waals surface area contributed by atoms with Crippen LogP contribution in [0.15, 0.2) is 6.07 Å². The van der Waals surface area contributed by atoms with Gasteiger partial charge in [-0.1, -0.05) is 0 Å². The van der Waals surface area contributed by atoms with Crippen LogP contribution >= 0.6 is 0 Å². The molecule has 0 bridgehead atoms. The Kier molecular flexibility index (Phi) is 5.50. The molecule has 1 saturated carbocycles. The second-order valence-corrected chi connectivity index (χ2v) is 8.46. The highest BCUT2D eigenvalue weighted by molar-refractivity contribution is 5.73. The fourth-order valence-electron chi connectivity index (χ4n) is 4.64. The number of amides is 1. The molecule has 3 heterocycles. The van der Waals surface area contributed by atoms with E-state index < -0.39 is 12.1 Å². The lowest BCUT2D eigenvalue weighted by Gasteiger charge is -2.33. The topological polar surface area (TPSA) is 59.7 Å². The molecule has 1 atom stereocenters. The lowest BCUT2D eigenvalue weighted by molar-refractivity contribution is -0.182. The first kappa shape index (κ1) is 21.1. The zero-order valence-electron chi connectivity index (χ0n) is 17.5. The van der Waals surface area contributed by atoms with Crippen molar-refractivity contribution in [2.24, 2.45) is 5.92 Å². The molecule has 1 aliphatic carbocycles. The van der Waals surface area contributed by atoms with E-state index in [-0.39, 0.29) is 30.8 Å². The van der Waals surface area contributed by atoms with Gasteiger partial charge in [0.15, 0.2) is 5.65 Å². The summed E-state index contributed by atoms with van der Waals surface area (Å²) >= 11 is 0. The molecule has 0 radical (unpaired) electrons. The molecule has 2 aromatic heterocycles. The van der Waals surface area contributed by atoms with E-state index in [4.69, 9.17) is 9.84 Å². The Hall–Kier alpha value is -2.16. The van der Waals surface area contributed by atoms with Crippen molar-refractivity contribution in [2.45, 2.75) is 64.7 Å². The van der Waals surface area contributed by atoms with Crippen LogP contribution in [0.2, 0.25) is 0 Å². The smallest absolute Gasteiger partial charge is 0.368 e. The highest BCUT2D eigenvalue weighted by Gasteiger charge is 2.42. The van der Waals surface area contributed by atoms with Crippen LogP contribution < -0.4 is 0 Å². The Balaban J connectivity index is 1.65. The van der Waals surface area contributed by atoms with Gasteiger partial charge in [0.1, 0.15) is 6.10 Å². The van der Waals surface area contributed by atoms with E-state index in [0.717, 1.165) is 22.6 Å². The van der Waals surface area contributed by atoms with Gasteiger partial charge in [-0.05, 0) is 45.1 Å². The van der Waals surface area contributed by atoms with Gasteiger partial charge in [0.05, 0.1) is 30.5 Å². The number of hydrogen-bond donors (Lipinski definition) is 0. The quantitative estimate of drug-likeness (QED) is 0.728. The van der Waals surface area contributed by atoms with Gasteiger partial charge >= 0.3 is 6.18 Å². The second kappa shape index (κ2) is 7.83. The van der Waals surface area contributed by atoms with Gasteiger partial charge < -0.3 is 9.64 Å². The second-order valence-electron chi connectivity index (χ2n) is 8.46. The minimum atomic E-state index is -4.12. The van der Waals surface area contributed by atoms with Crippen LogP contribution in [0, 0.1) is 19.8 Å². The van der Waals surface area contributed by atoms with Crippen LogP contribution in [-0.4, -0.2) is 51.3 Å². The number of nitrogens with zero attached hydrogens (tertiary/aromatic N) is 4. The van der Waals surface area contributed by atoms with Gasteiger partial charge in [0.25, 0.3) is 0 Å². The number of carbonyl (C=O) groups is 1. The first-order valence-electron chi connectivity index (χ1n) is 10.5. The van der Waals surface area contributed by atoms with Gasteiger partial charge in [-0.3, -0.25) is 4.79 Å². The number of aryl methyl sites for hydroxylation is 1. The zero-order valence-corrected chi connectivity index (χ0v) is 17.5. The summed E-state index contributed by atoms with van der Waals surface area (Å²) in [5, 5.41) is 4.76. The normalized spacial score (nSPS) is 25.7. The monoisotopic (exact) mass is 424 g/mol. The summed E-state index contributed by atoms with van der Waals surface area (Å²) in [4.78, 5) is 18.3. The number of hydrogen-bond acceptors (Lipinski definition) is 4. The summed E-state index contributed by atoms with van der Waals surface area (Å²) < 4.78 is 46.8. The van der Waals surface area contributed by atoms with Crippen LogP contribution in [0.4, 0.5) is 13.2 Å². The average Bonchev–Trinajstić information content (AvgIpc) is 3.11. The molecule has 9 heteroatoms. The van der Waals surface area contributed by atoms with E-state index in [1.165, 1.54) is 0 Å². The first-order valence-corrected chi connectivity index (χ1v) is 10.5. The number of rotatable bonds is 2. The standard InChI is InChI=1S/C21H27F3N4O2/c1-12-13(2)25-19-10-17(15-4-6-16(7-5-15)21(22,23)24)26-28(19)20(12)18-11-27(14(3)29)8-9-30-18/h10,15-16,18H,4-9,11H2,1-3H3/t15-,16-,18?. The van der Waals surface area contributed by atoms with Gasteiger partial charge in [0.2, 0.25) is 5.91 Å². The molecule has 0 aromatic carbocycles. The van der Waals surface area contributed by atoms with Crippen LogP contribution in [0.1, 0.15) is 67.3 Å². The van der Waals surface area contributed by atoms with Gasteiger partial charge in [-0.25, -0.2) is 9.50 Å². The van der Waals surface area contributed by atoms with E-state index in [9.17, 15) is 18.0 Å². The molecule has 1 saturated heterocycles. The molecule has 4 rings (SSSR count). The lowest BCUT2D eigenvalue weighted by Crippen LogP contribution is -2.41. The van der Waals surface area contributed by atoms with Crippen LogP contribution in [-0.2, 0) is 9.53 Å². The summed E-state index contributed by atoms with van der Waals surface area (Å²) in [6.07, 6.45) is -3.22. The summed E-state index contributed by atoms with van der Waals surface area (Å²) in [6, 6.07) is 1.89. The highest BCUT2D eigenvalue weighted by atomic mass is 19.4. The first-order chi connectivity index (χ1) is 14.1. The largest absolute Gasteiger partial charge is 0.391 e. The fraction of sp³-hybridized carbons (Fsp3) is 0.667. The zero-order chi connectivity index (χ0) is 21.6. The number of halogens is 3. The lowest BCUT2D eigenvalue weighted by atomic mass is 9.80. The number of fused-ring (bicyclic) bond motifs is 1. The number of ether oxygens (including phenoxy) is 1. The van der Waals surface area contributed by atoms with Gasteiger partial charge in [-0.2, -0.15) is 18.3 Å². The van der Waals surface area contributed by atoms with E-state index >= 15 is 0 Å². The van der Waals surface area contributed by atoms with E-state index in [1.54, 1.807) is 16.3 Å². The van der Waals surface area contributed by atoms with Crippen molar-refractivity contribution in [2.75, 3.05) is 19.7 Å². The Morgan fingerprint density at radius 3 is 2.53 bits per heavy atom. The third-order valence-electron chi connectivity index (χ3n) is 6.57. The van der Waals surface area contributed by atoms with Crippen molar-refractivity contribution in [3.63, 3.8) is 0 Å². The maximum absolute atomic E-state index is 13.0. The summed E-state index contributed by atoms with van der Waals surface area (Å²) in [5.74, 6) is -1.21. The highest BCUT2D eigenvalue weighted by Crippen LogP contribution is 2.43. The van der Waals surface area contributed by atoms with E-state index in [0.29, 0.717) is 38.2 Å². The molecule has 6 nitrogen and oxygen atoms in total. The summed E-state index contributed by atoms with van der Waals surface area (Å²) in [5.41, 5.74) is 4.12. The maximum Gasteiger partial charge on any atom is 0.391 e. The molecule has 2 fully saturated rings. The van der Waals surface area contributed by atoms with Crippen LogP contribution in [0.3, 0.4) is 0 Å². The summed E-state index contributed by atoms with van der Waals surface area (Å²) in [6.45, 7) is 6.88. The van der Waals surface area contributed by atoms with Gasteiger partial charge in [-0.15, -0.1) is 0 Å². The Morgan fingerprint density at radius 1 is 1.20 bits per heavy atom. The molecule has 30 heavy (non-hydrogen) atoms. The Labute approximate surface area is 173 Å². The minimum Gasteiger partial charge on any atom is -0.368 e. The Morgan fingerprint density at radius 2 is 1.90 bits per heavy atom. The van der Waals surface area contributed by atoms with Crippen molar-refractivity contribution < 1.29 is 22.7 Å². The average molecular weight is 424 g/mol. The summed E-state index contributed by atoms with van der Waals surface area (Å²) in [7, 11) is 0. The molecular weight excluding hydrogens is 397 g/mol. The predicted octanol–water partition coefficient (Wildman–Crippen LogP) is 4.10. The van der Waals surface area contributed by atoms with Crippen LogP contribution in [0.5, 0.6) is 0 Å². The van der Waals surface area contributed by atoms with Gasteiger partial charge in [0, 0.05) is 31.1 Å². The molecule has 164 valence electrons. The molecule has 0 spiro atoms. The number of alkyl halides is 3. The van der Waals surface area contributed by atoms with E-state index in [1.807, 2.05) is 19.9 Å². The molecule has 2 aliphatic rings. The molecule has 1 aliphatic heterocycles. The molecule has 0 N–H and O–H groups in total. The third-order valence-corrected chi connectivity index (χ3v) is 6.57. The SMILES string of the molecule is CC(=O)N1CCOC(c2c(C)c(C)nc3cc([C@H]4CC[C@H](C(F)(F)F)CC4)nn23)C1. The molecular formula is C21H27F3N4O2. The number of aromatic nitrogens is 3. The Bertz CT molecular complexity index is 948. The van der Waals surface area contributed by atoms with Crippen molar-refractivity contribution >= 4 is 11.6 Å². The minimum absolute atomic E-state index is 0.000227. The number of carbonyl (C=O) groups excluding carboxylic acids is 1. The maximum atomic E-state index is 13.0. The molecule has 1 unspecified atom stereocenters. The van der Waals surface area contributed by atoms with Crippen molar-refractivity contribution in [3.8, 4) is 0 Å². The third kappa shape index (κ3) is 3.91. The predicted molar refractivity (Wildman–Crippen MR) is 104 cm³/mol. The van der Waals surface area contributed by atoms with Crippen LogP contribution in [0.25, 0.3) is 5.65 Å². The number of morpholine rings is 1. The van der Waals surface area contributed by atoms with E-state index in [2.05, 4.69) is 4.98 Å². The van der Waals surface area contributed by atoms with Crippen molar-refractivity contribution in [3.05, 3.63) is 28.7 Å². The fourth-order valence-corrected chi connectivity index (χ4v) is 4.64. The van der Waals surface area contributed by atoms with Crippen molar-refractivity contribution in [1.29, 1.82) is 0 Å². The molecule has 1 amide bonds. The van der Waals surface area contributed by atoms with Crippen molar-refractivity contribution in [1.82, 2.24) is 19.5 Å².